The van der Waals surface area contributed by atoms with Crippen molar-refractivity contribution in [3.63, 3.8) is 0 Å². The fourth-order valence-corrected chi connectivity index (χ4v) is 5.03. The Labute approximate surface area is 158 Å². The number of halogens is 1. The molecule has 1 atom stereocenters. The van der Waals surface area contributed by atoms with E-state index in [0.717, 1.165) is 38.7 Å². The van der Waals surface area contributed by atoms with Gasteiger partial charge in [-0.25, -0.2) is 8.42 Å². The summed E-state index contributed by atoms with van der Waals surface area (Å²) in [5, 5.41) is 14.6. The number of nitrogens with one attached hydrogen (secondary N) is 1. The molecule has 0 aromatic heterocycles. The molecule has 2 aliphatic heterocycles. The zero-order valence-electron chi connectivity index (χ0n) is 14.5. The molecule has 0 amide bonds. The zero-order chi connectivity index (χ0) is 18.0. The number of nitrogens with zero attached hydrogens (tertiary/aromatic N) is 3. The Bertz CT molecular complexity index is 754. The fraction of sp³-hybridized carbons (Fsp3) is 0.600. The average molecular weight is 407 g/mol. The standard InChI is InChI=1S/C15H22N4O5S.ClH/c1-24-13-2-3-15(14(10-13)19(20)21)25(22,23)18-7-4-12(11-18)17-8-5-16-6-9-17;/h2-3,10,12,16H,4-9,11H2,1H3;1H. The minimum absolute atomic E-state index is 0. The molecule has 11 heteroatoms. The largest absolute Gasteiger partial charge is 0.497 e. The molecule has 26 heavy (non-hydrogen) atoms. The van der Waals surface area contributed by atoms with Crippen LogP contribution in [-0.2, 0) is 10.0 Å². The molecule has 0 radical (unpaired) electrons. The van der Waals surface area contributed by atoms with Gasteiger partial charge in [0.1, 0.15) is 5.75 Å². The van der Waals surface area contributed by atoms with E-state index in [1.807, 2.05) is 0 Å². The third-order valence-electron chi connectivity index (χ3n) is 4.77. The van der Waals surface area contributed by atoms with Gasteiger partial charge in [0.15, 0.2) is 4.90 Å². The maximum absolute atomic E-state index is 12.9. The monoisotopic (exact) mass is 406 g/mol. The molecule has 0 bridgehead atoms. The van der Waals surface area contributed by atoms with Crippen LogP contribution in [0.5, 0.6) is 5.75 Å². The molecule has 1 aromatic rings. The zero-order valence-corrected chi connectivity index (χ0v) is 16.1. The predicted molar refractivity (Wildman–Crippen MR) is 98.5 cm³/mol. The molecule has 2 saturated heterocycles. The summed E-state index contributed by atoms with van der Waals surface area (Å²) in [6.07, 6.45) is 0.739. The van der Waals surface area contributed by atoms with E-state index < -0.39 is 20.6 Å². The summed E-state index contributed by atoms with van der Waals surface area (Å²) >= 11 is 0. The van der Waals surface area contributed by atoms with Crippen LogP contribution in [0.1, 0.15) is 6.42 Å². The van der Waals surface area contributed by atoms with Crippen LogP contribution >= 0.6 is 12.4 Å². The third-order valence-corrected chi connectivity index (χ3v) is 6.69. The van der Waals surface area contributed by atoms with Crippen molar-refractivity contribution in [1.82, 2.24) is 14.5 Å². The lowest BCUT2D eigenvalue weighted by atomic mass is 10.2. The molecule has 1 unspecified atom stereocenters. The molecule has 0 spiro atoms. The van der Waals surface area contributed by atoms with Crippen molar-refractivity contribution in [2.24, 2.45) is 0 Å². The van der Waals surface area contributed by atoms with Crippen LogP contribution in [-0.4, -0.2) is 75.0 Å². The number of nitro benzene ring substituents is 1. The quantitative estimate of drug-likeness (QED) is 0.566. The van der Waals surface area contributed by atoms with E-state index in [1.165, 1.54) is 23.5 Å². The lowest BCUT2D eigenvalue weighted by Gasteiger charge is -2.32. The van der Waals surface area contributed by atoms with Crippen LogP contribution in [0, 0.1) is 10.1 Å². The molecule has 1 aromatic carbocycles. The van der Waals surface area contributed by atoms with Gasteiger partial charge in [0.05, 0.1) is 18.1 Å². The maximum Gasteiger partial charge on any atom is 0.293 e. The second-order valence-corrected chi connectivity index (χ2v) is 8.09. The van der Waals surface area contributed by atoms with Gasteiger partial charge in [-0.1, -0.05) is 0 Å². The van der Waals surface area contributed by atoms with Crippen molar-refractivity contribution in [3.05, 3.63) is 28.3 Å². The summed E-state index contributed by atoms with van der Waals surface area (Å²) in [6.45, 7) is 4.31. The van der Waals surface area contributed by atoms with Gasteiger partial charge in [0.25, 0.3) is 5.69 Å². The van der Waals surface area contributed by atoms with Crippen molar-refractivity contribution in [1.29, 1.82) is 0 Å². The smallest absolute Gasteiger partial charge is 0.293 e. The molecule has 146 valence electrons. The van der Waals surface area contributed by atoms with E-state index in [0.29, 0.717) is 13.1 Å². The average Bonchev–Trinajstić information content (AvgIpc) is 3.13. The Morgan fingerprint density at radius 1 is 1.27 bits per heavy atom. The minimum Gasteiger partial charge on any atom is -0.497 e. The number of rotatable bonds is 5. The van der Waals surface area contributed by atoms with E-state index in [1.54, 1.807) is 0 Å². The first-order valence-electron chi connectivity index (χ1n) is 8.21. The predicted octanol–water partition coefficient (Wildman–Crippen LogP) is 0.693. The first-order chi connectivity index (χ1) is 11.9. The second kappa shape index (κ2) is 8.49. The Morgan fingerprint density at radius 2 is 1.96 bits per heavy atom. The van der Waals surface area contributed by atoms with Crippen molar-refractivity contribution in [2.75, 3.05) is 46.4 Å². The topological polar surface area (TPSA) is 105 Å². The van der Waals surface area contributed by atoms with Gasteiger partial charge in [0, 0.05) is 45.3 Å². The van der Waals surface area contributed by atoms with E-state index in [9.17, 15) is 18.5 Å². The van der Waals surface area contributed by atoms with Gasteiger partial charge >= 0.3 is 0 Å². The van der Waals surface area contributed by atoms with Gasteiger partial charge in [-0.05, 0) is 18.6 Å². The molecule has 2 heterocycles. The van der Waals surface area contributed by atoms with Gasteiger partial charge in [-0.15, -0.1) is 12.4 Å². The summed E-state index contributed by atoms with van der Waals surface area (Å²) in [6, 6.07) is 4.00. The molecule has 2 fully saturated rings. The number of benzene rings is 1. The van der Waals surface area contributed by atoms with Crippen molar-refractivity contribution < 1.29 is 18.1 Å². The fourth-order valence-electron chi connectivity index (χ4n) is 3.40. The van der Waals surface area contributed by atoms with Crippen molar-refractivity contribution in [3.8, 4) is 5.75 Å². The molecule has 0 saturated carbocycles. The highest BCUT2D eigenvalue weighted by atomic mass is 35.5. The number of hydrogen-bond acceptors (Lipinski definition) is 7. The van der Waals surface area contributed by atoms with Crippen molar-refractivity contribution in [2.45, 2.75) is 17.4 Å². The Morgan fingerprint density at radius 3 is 2.58 bits per heavy atom. The number of sulfonamides is 1. The summed E-state index contributed by atoms with van der Waals surface area (Å²) in [5.41, 5.74) is -0.454. The maximum atomic E-state index is 12.9. The van der Waals surface area contributed by atoms with Crippen molar-refractivity contribution >= 4 is 28.1 Å². The van der Waals surface area contributed by atoms with Gasteiger partial charge in [-0.3, -0.25) is 15.0 Å². The molecule has 0 aliphatic carbocycles. The second-order valence-electron chi connectivity index (χ2n) is 6.18. The Hall–Kier alpha value is -1.46. The van der Waals surface area contributed by atoms with E-state index in [-0.39, 0.29) is 29.1 Å². The highest BCUT2D eigenvalue weighted by Crippen LogP contribution is 2.32. The molecular formula is C15H23ClN4O5S. The third kappa shape index (κ3) is 4.09. The summed E-state index contributed by atoms with van der Waals surface area (Å²) in [5.74, 6) is 0.255. The van der Waals surface area contributed by atoms with Crippen LogP contribution in [0.4, 0.5) is 5.69 Å². The molecule has 1 N–H and O–H groups in total. The summed E-state index contributed by atoms with van der Waals surface area (Å²) in [7, 11) is -2.54. The van der Waals surface area contributed by atoms with Gasteiger partial charge < -0.3 is 10.1 Å². The lowest BCUT2D eigenvalue weighted by molar-refractivity contribution is -0.387. The number of methoxy groups -OCH3 is 1. The van der Waals surface area contributed by atoms with Crippen LogP contribution in [0.15, 0.2) is 23.1 Å². The summed E-state index contributed by atoms with van der Waals surface area (Å²) in [4.78, 5) is 12.6. The van der Waals surface area contributed by atoms with Gasteiger partial charge in [-0.2, -0.15) is 4.31 Å². The highest BCUT2D eigenvalue weighted by Gasteiger charge is 2.38. The first kappa shape index (κ1) is 20.8. The Balaban J connectivity index is 0.00000243. The number of hydrogen-bond donors (Lipinski definition) is 1. The number of piperazine rings is 1. The van der Waals surface area contributed by atoms with Crippen LogP contribution in [0.2, 0.25) is 0 Å². The lowest BCUT2D eigenvalue weighted by Crippen LogP contribution is -2.49. The summed E-state index contributed by atoms with van der Waals surface area (Å²) < 4.78 is 32.2. The van der Waals surface area contributed by atoms with E-state index in [4.69, 9.17) is 4.74 Å². The van der Waals surface area contributed by atoms with Gasteiger partial charge in [0.2, 0.25) is 10.0 Å². The van der Waals surface area contributed by atoms with Crippen LogP contribution in [0.3, 0.4) is 0 Å². The molecular weight excluding hydrogens is 384 g/mol. The molecule has 3 rings (SSSR count). The van der Waals surface area contributed by atoms with E-state index in [2.05, 4.69) is 10.2 Å². The highest BCUT2D eigenvalue weighted by molar-refractivity contribution is 7.89. The molecule has 2 aliphatic rings. The molecule has 9 nitrogen and oxygen atoms in total. The normalized spacial score (nSPS) is 22.0. The van der Waals surface area contributed by atoms with Crippen LogP contribution in [0.25, 0.3) is 0 Å². The minimum atomic E-state index is -3.92. The number of ether oxygens (including phenoxy) is 1. The SMILES string of the molecule is COc1ccc(S(=O)(=O)N2CCC(N3CCNCC3)C2)c([N+](=O)[O-])c1.Cl. The Kier molecular flexibility index (Phi) is 6.80. The first-order valence-corrected chi connectivity index (χ1v) is 9.65. The van der Waals surface area contributed by atoms with Crippen LogP contribution < -0.4 is 10.1 Å². The number of nitro groups is 1. The van der Waals surface area contributed by atoms with E-state index >= 15 is 0 Å².